The minimum atomic E-state index is -0.776. The number of carboxylic acid groups (broad SMARTS) is 1. The number of rotatable bonds is 4. The zero-order valence-electron chi connectivity index (χ0n) is 8.34. The summed E-state index contributed by atoms with van der Waals surface area (Å²) in [5, 5.41) is 9.59. The lowest BCUT2D eigenvalue weighted by atomic mass is 9.96. The molecular formula is C11H12Cl2O2. The lowest BCUT2D eigenvalue weighted by Gasteiger charge is -2.11. The molecule has 1 aromatic carbocycles. The summed E-state index contributed by atoms with van der Waals surface area (Å²) in [4.78, 5) is 10.4. The Morgan fingerprint density at radius 2 is 2.07 bits per heavy atom. The van der Waals surface area contributed by atoms with Crippen LogP contribution in [0.2, 0.25) is 10.0 Å². The predicted molar refractivity (Wildman–Crippen MR) is 61.7 cm³/mol. The molecule has 0 aliphatic carbocycles. The number of aliphatic carboxylic acids is 1. The van der Waals surface area contributed by atoms with E-state index in [1.165, 1.54) is 0 Å². The van der Waals surface area contributed by atoms with Gasteiger partial charge in [-0.3, -0.25) is 4.79 Å². The molecule has 0 aliphatic rings. The van der Waals surface area contributed by atoms with E-state index in [9.17, 15) is 4.79 Å². The van der Waals surface area contributed by atoms with Crippen molar-refractivity contribution < 1.29 is 9.90 Å². The van der Waals surface area contributed by atoms with Gasteiger partial charge in [-0.2, -0.15) is 0 Å². The summed E-state index contributed by atoms with van der Waals surface area (Å²) in [6.07, 6.45) is 0.773. The Balaban J connectivity index is 2.69. The second kappa shape index (κ2) is 5.38. The Labute approximate surface area is 98.8 Å². The van der Waals surface area contributed by atoms with Crippen LogP contribution in [0.15, 0.2) is 18.2 Å². The second-order valence-corrected chi connectivity index (χ2v) is 4.32. The highest BCUT2D eigenvalue weighted by Gasteiger charge is 2.09. The van der Waals surface area contributed by atoms with E-state index >= 15 is 0 Å². The van der Waals surface area contributed by atoms with Crippen LogP contribution < -0.4 is 0 Å². The highest BCUT2D eigenvalue weighted by molar-refractivity contribution is 6.42. The molecule has 1 rings (SSSR count). The number of carboxylic acids is 1. The van der Waals surface area contributed by atoms with E-state index in [0.29, 0.717) is 16.5 Å². The van der Waals surface area contributed by atoms with E-state index in [0.717, 1.165) is 5.56 Å². The lowest BCUT2D eigenvalue weighted by molar-refractivity contribution is -0.137. The monoisotopic (exact) mass is 246 g/mol. The van der Waals surface area contributed by atoms with Crippen LogP contribution in [0.4, 0.5) is 0 Å². The summed E-state index contributed by atoms with van der Waals surface area (Å²) in [5.41, 5.74) is 1.02. The molecule has 15 heavy (non-hydrogen) atoms. The molecule has 4 heteroatoms. The maximum Gasteiger partial charge on any atom is 0.303 e. The fourth-order valence-electron chi connectivity index (χ4n) is 1.33. The maximum atomic E-state index is 10.4. The molecule has 1 aromatic rings. The highest BCUT2D eigenvalue weighted by Crippen LogP contribution is 2.28. The quantitative estimate of drug-likeness (QED) is 0.874. The minimum absolute atomic E-state index is 0.168. The third-order valence-electron chi connectivity index (χ3n) is 2.30. The third-order valence-corrected chi connectivity index (χ3v) is 3.04. The van der Waals surface area contributed by atoms with Crippen LogP contribution in [-0.4, -0.2) is 11.1 Å². The topological polar surface area (TPSA) is 37.3 Å². The standard InChI is InChI=1S/C11H12Cl2O2/c1-7(2-5-11(14)15)8-3-4-9(12)10(13)6-8/h3-4,6-7H,2,5H2,1H3,(H,14,15). The van der Waals surface area contributed by atoms with Gasteiger partial charge in [0.25, 0.3) is 0 Å². The van der Waals surface area contributed by atoms with Crippen LogP contribution >= 0.6 is 23.2 Å². The van der Waals surface area contributed by atoms with E-state index < -0.39 is 5.97 Å². The van der Waals surface area contributed by atoms with Gasteiger partial charge >= 0.3 is 5.97 Å². The van der Waals surface area contributed by atoms with Gasteiger partial charge in [-0.25, -0.2) is 0 Å². The Morgan fingerprint density at radius 3 is 2.60 bits per heavy atom. The van der Waals surface area contributed by atoms with Crippen LogP contribution in [0, 0.1) is 0 Å². The molecule has 2 nitrogen and oxygen atoms in total. The molecule has 0 saturated heterocycles. The number of hydrogen-bond acceptors (Lipinski definition) is 1. The molecule has 0 heterocycles. The van der Waals surface area contributed by atoms with Crippen molar-refractivity contribution in [3.63, 3.8) is 0 Å². The predicted octanol–water partition coefficient (Wildman–Crippen LogP) is 3.96. The molecule has 0 radical (unpaired) electrons. The van der Waals surface area contributed by atoms with Gasteiger partial charge in [0.15, 0.2) is 0 Å². The Hall–Kier alpha value is -0.730. The molecule has 1 unspecified atom stereocenters. The van der Waals surface area contributed by atoms with Crippen molar-refractivity contribution in [1.82, 2.24) is 0 Å². The lowest BCUT2D eigenvalue weighted by Crippen LogP contribution is -2.00. The normalized spacial score (nSPS) is 12.5. The van der Waals surface area contributed by atoms with E-state index in [4.69, 9.17) is 28.3 Å². The Bertz CT molecular complexity index is 364. The van der Waals surface area contributed by atoms with Crippen molar-refractivity contribution >= 4 is 29.2 Å². The van der Waals surface area contributed by atoms with Crippen molar-refractivity contribution in [3.8, 4) is 0 Å². The average Bonchev–Trinajstić information content (AvgIpc) is 2.18. The van der Waals surface area contributed by atoms with Crippen LogP contribution in [0.3, 0.4) is 0 Å². The largest absolute Gasteiger partial charge is 0.481 e. The molecule has 0 fully saturated rings. The number of hydrogen-bond donors (Lipinski definition) is 1. The summed E-state index contributed by atoms with van der Waals surface area (Å²) >= 11 is 11.7. The van der Waals surface area contributed by atoms with Crippen LogP contribution in [0.5, 0.6) is 0 Å². The number of halogens is 2. The highest BCUT2D eigenvalue weighted by atomic mass is 35.5. The molecular weight excluding hydrogens is 235 g/mol. The van der Waals surface area contributed by atoms with E-state index in [2.05, 4.69) is 0 Å². The minimum Gasteiger partial charge on any atom is -0.481 e. The third kappa shape index (κ3) is 3.73. The van der Waals surface area contributed by atoms with Gasteiger partial charge in [-0.15, -0.1) is 0 Å². The molecule has 0 bridgehead atoms. The van der Waals surface area contributed by atoms with Gasteiger partial charge in [-0.05, 0) is 30.0 Å². The number of carbonyl (C=O) groups is 1. The first-order valence-electron chi connectivity index (χ1n) is 4.67. The second-order valence-electron chi connectivity index (χ2n) is 3.51. The molecule has 0 spiro atoms. The van der Waals surface area contributed by atoms with Crippen molar-refractivity contribution in [2.75, 3.05) is 0 Å². The van der Waals surface area contributed by atoms with Gasteiger partial charge in [0.1, 0.15) is 0 Å². The van der Waals surface area contributed by atoms with Crippen molar-refractivity contribution in [2.24, 2.45) is 0 Å². The smallest absolute Gasteiger partial charge is 0.303 e. The van der Waals surface area contributed by atoms with Gasteiger partial charge < -0.3 is 5.11 Å². The fourth-order valence-corrected chi connectivity index (χ4v) is 1.63. The van der Waals surface area contributed by atoms with Crippen LogP contribution in [0.25, 0.3) is 0 Å². The maximum absolute atomic E-state index is 10.4. The summed E-state index contributed by atoms with van der Waals surface area (Å²) in [5.74, 6) is -0.599. The van der Waals surface area contributed by atoms with Gasteiger partial charge in [0.2, 0.25) is 0 Å². The van der Waals surface area contributed by atoms with Crippen molar-refractivity contribution in [3.05, 3.63) is 33.8 Å². The van der Waals surface area contributed by atoms with Crippen LogP contribution in [0.1, 0.15) is 31.2 Å². The molecule has 1 atom stereocenters. The average molecular weight is 247 g/mol. The first-order valence-corrected chi connectivity index (χ1v) is 5.43. The zero-order chi connectivity index (χ0) is 11.4. The summed E-state index contributed by atoms with van der Waals surface area (Å²) < 4.78 is 0. The first kappa shape index (κ1) is 12.3. The van der Waals surface area contributed by atoms with E-state index in [-0.39, 0.29) is 12.3 Å². The van der Waals surface area contributed by atoms with Gasteiger partial charge in [-0.1, -0.05) is 36.2 Å². The van der Waals surface area contributed by atoms with Crippen molar-refractivity contribution in [1.29, 1.82) is 0 Å². The molecule has 1 N–H and O–H groups in total. The van der Waals surface area contributed by atoms with Gasteiger partial charge in [0.05, 0.1) is 10.0 Å². The molecule has 0 aliphatic heterocycles. The molecule has 82 valence electrons. The van der Waals surface area contributed by atoms with E-state index in [1.807, 2.05) is 13.0 Å². The first-order chi connectivity index (χ1) is 7.00. The van der Waals surface area contributed by atoms with Gasteiger partial charge in [0, 0.05) is 6.42 Å². The van der Waals surface area contributed by atoms with Crippen molar-refractivity contribution in [2.45, 2.75) is 25.7 Å². The zero-order valence-corrected chi connectivity index (χ0v) is 9.85. The SMILES string of the molecule is CC(CCC(=O)O)c1ccc(Cl)c(Cl)c1. The summed E-state index contributed by atoms with van der Waals surface area (Å²) in [7, 11) is 0. The Kier molecular flexibility index (Phi) is 4.43. The molecule has 0 aromatic heterocycles. The Morgan fingerprint density at radius 1 is 1.40 bits per heavy atom. The fraction of sp³-hybridized carbons (Fsp3) is 0.364. The summed E-state index contributed by atoms with van der Waals surface area (Å²) in [6.45, 7) is 1.97. The van der Waals surface area contributed by atoms with Crippen LogP contribution in [-0.2, 0) is 4.79 Å². The molecule has 0 amide bonds. The number of benzene rings is 1. The molecule has 0 saturated carbocycles. The summed E-state index contributed by atoms with van der Waals surface area (Å²) in [6, 6.07) is 5.40. The van der Waals surface area contributed by atoms with E-state index in [1.54, 1.807) is 12.1 Å².